The Kier molecular flexibility index (Phi) is 3.45. The maximum Gasteiger partial charge on any atom is 0.0283 e. The van der Waals surface area contributed by atoms with Crippen LogP contribution in [-0.4, -0.2) is 5.88 Å². The van der Waals surface area contributed by atoms with Gasteiger partial charge in [0, 0.05) is 5.88 Å². The van der Waals surface area contributed by atoms with Crippen LogP contribution in [0.25, 0.3) is 0 Å². The van der Waals surface area contributed by atoms with Crippen LogP contribution in [0.4, 0.5) is 0 Å². The third kappa shape index (κ3) is 2.58. The van der Waals surface area contributed by atoms with E-state index in [9.17, 15) is 0 Å². The minimum atomic E-state index is 0.426. The molecule has 0 radical (unpaired) electrons. The van der Waals surface area contributed by atoms with E-state index < -0.39 is 0 Å². The highest BCUT2D eigenvalue weighted by molar-refractivity contribution is 6.18. The molecule has 2 rings (SSSR count). The van der Waals surface area contributed by atoms with Crippen molar-refractivity contribution in [2.24, 2.45) is 10.8 Å². The maximum atomic E-state index is 6.24. The maximum absolute atomic E-state index is 6.24. The van der Waals surface area contributed by atoms with Crippen LogP contribution in [0.5, 0.6) is 0 Å². The summed E-state index contributed by atoms with van der Waals surface area (Å²) < 4.78 is 0. The molecule has 0 nitrogen and oxygen atoms in total. The molecule has 1 heteroatoms. The SMILES string of the molecule is CC1(CC2(CCl)CC=CCC2)CCCC1. The van der Waals surface area contributed by atoms with Gasteiger partial charge in [-0.2, -0.15) is 0 Å². The molecule has 0 heterocycles. The molecule has 1 atom stereocenters. The van der Waals surface area contributed by atoms with Crippen LogP contribution < -0.4 is 0 Å². The molecule has 2 aliphatic carbocycles. The molecule has 15 heavy (non-hydrogen) atoms. The first-order valence-corrected chi connectivity index (χ1v) is 6.93. The second-order valence-corrected chi connectivity index (χ2v) is 6.31. The largest absolute Gasteiger partial charge is 0.126 e. The summed E-state index contributed by atoms with van der Waals surface area (Å²) in [6.07, 6.45) is 15.5. The van der Waals surface area contributed by atoms with Crippen molar-refractivity contribution >= 4 is 11.6 Å². The molecule has 1 unspecified atom stereocenters. The molecular formula is C14H23Cl. The number of halogens is 1. The van der Waals surface area contributed by atoms with Gasteiger partial charge in [-0.25, -0.2) is 0 Å². The molecular weight excluding hydrogens is 204 g/mol. The fourth-order valence-electron chi connectivity index (χ4n) is 3.58. The lowest BCUT2D eigenvalue weighted by molar-refractivity contribution is 0.154. The van der Waals surface area contributed by atoms with Gasteiger partial charge < -0.3 is 0 Å². The van der Waals surface area contributed by atoms with E-state index in [1.54, 1.807) is 0 Å². The molecule has 0 aromatic rings. The number of allylic oxidation sites excluding steroid dienone is 2. The third-order valence-electron chi connectivity index (χ3n) is 4.45. The van der Waals surface area contributed by atoms with Gasteiger partial charge in [0.15, 0.2) is 0 Å². The normalized spacial score (nSPS) is 34.5. The summed E-state index contributed by atoms with van der Waals surface area (Å²) in [6.45, 7) is 2.48. The van der Waals surface area contributed by atoms with E-state index in [1.807, 2.05) is 0 Å². The van der Waals surface area contributed by atoms with E-state index in [0.29, 0.717) is 10.8 Å². The zero-order valence-corrected chi connectivity index (χ0v) is 10.7. The highest BCUT2D eigenvalue weighted by atomic mass is 35.5. The standard InChI is InChI=1S/C14H23Cl/c1-13(7-5-6-8-13)11-14(12-15)9-3-2-4-10-14/h2-3H,4-12H2,1H3. The predicted molar refractivity (Wildman–Crippen MR) is 67.3 cm³/mol. The predicted octanol–water partition coefficient (Wildman–Crippen LogP) is 4.92. The van der Waals surface area contributed by atoms with Crippen molar-refractivity contribution in [1.29, 1.82) is 0 Å². The molecule has 0 saturated heterocycles. The second kappa shape index (κ2) is 4.49. The molecule has 0 bridgehead atoms. The fourth-order valence-corrected chi connectivity index (χ4v) is 3.92. The summed E-state index contributed by atoms with van der Waals surface area (Å²) in [4.78, 5) is 0. The molecule has 1 saturated carbocycles. The zero-order valence-electron chi connectivity index (χ0n) is 9.90. The smallest absolute Gasteiger partial charge is 0.0283 e. The van der Waals surface area contributed by atoms with Crippen molar-refractivity contribution in [3.05, 3.63) is 12.2 Å². The van der Waals surface area contributed by atoms with Gasteiger partial charge in [-0.15, -0.1) is 11.6 Å². The number of rotatable bonds is 3. The molecule has 86 valence electrons. The monoisotopic (exact) mass is 226 g/mol. The number of alkyl halides is 1. The fraction of sp³-hybridized carbons (Fsp3) is 0.857. The Balaban J connectivity index is 2.03. The van der Waals surface area contributed by atoms with Gasteiger partial charge >= 0.3 is 0 Å². The number of hydrogen-bond acceptors (Lipinski definition) is 0. The van der Waals surface area contributed by atoms with Crippen molar-refractivity contribution in [3.8, 4) is 0 Å². The summed E-state index contributed by atoms with van der Waals surface area (Å²) in [7, 11) is 0. The van der Waals surface area contributed by atoms with Gasteiger partial charge in [0.05, 0.1) is 0 Å². The van der Waals surface area contributed by atoms with Gasteiger partial charge in [0.2, 0.25) is 0 Å². The van der Waals surface area contributed by atoms with Crippen LogP contribution >= 0.6 is 11.6 Å². The average Bonchev–Trinajstić information content (AvgIpc) is 2.66. The van der Waals surface area contributed by atoms with Crippen LogP contribution in [0.2, 0.25) is 0 Å². The highest BCUT2D eigenvalue weighted by Crippen LogP contribution is 2.50. The summed E-state index contributed by atoms with van der Waals surface area (Å²) in [5, 5.41) is 0. The minimum Gasteiger partial charge on any atom is -0.126 e. The molecule has 0 spiro atoms. The Morgan fingerprint density at radius 2 is 1.87 bits per heavy atom. The van der Waals surface area contributed by atoms with E-state index in [-0.39, 0.29) is 0 Å². The van der Waals surface area contributed by atoms with Gasteiger partial charge in [-0.3, -0.25) is 0 Å². The van der Waals surface area contributed by atoms with Crippen molar-refractivity contribution < 1.29 is 0 Å². The Morgan fingerprint density at radius 3 is 2.40 bits per heavy atom. The lowest BCUT2D eigenvalue weighted by Crippen LogP contribution is -2.31. The average molecular weight is 227 g/mol. The van der Waals surface area contributed by atoms with Crippen LogP contribution in [0.1, 0.15) is 58.3 Å². The van der Waals surface area contributed by atoms with Crippen LogP contribution in [0, 0.1) is 10.8 Å². The van der Waals surface area contributed by atoms with Gasteiger partial charge in [-0.1, -0.05) is 31.9 Å². The molecule has 0 aliphatic heterocycles. The molecule has 0 aromatic carbocycles. The second-order valence-electron chi connectivity index (χ2n) is 6.04. The summed E-state index contributed by atoms with van der Waals surface area (Å²) in [5.41, 5.74) is 1.02. The first-order valence-electron chi connectivity index (χ1n) is 6.39. The quantitative estimate of drug-likeness (QED) is 0.473. The van der Waals surface area contributed by atoms with Crippen LogP contribution in [-0.2, 0) is 0 Å². The summed E-state index contributed by atoms with van der Waals surface area (Å²) >= 11 is 6.24. The Bertz CT molecular complexity index is 238. The highest BCUT2D eigenvalue weighted by Gasteiger charge is 2.39. The van der Waals surface area contributed by atoms with Gasteiger partial charge in [-0.05, 0) is 49.4 Å². The lowest BCUT2D eigenvalue weighted by Gasteiger charge is -2.40. The summed E-state index contributed by atoms with van der Waals surface area (Å²) in [5.74, 6) is 0.854. The Hall–Kier alpha value is 0.0300. The van der Waals surface area contributed by atoms with Crippen LogP contribution in [0.3, 0.4) is 0 Å². The zero-order chi connectivity index (χ0) is 10.8. The van der Waals surface area contributed by atoms with Gasteiger partial charge in [0.25, 0.3) is 0 Å². The first kappa shape index (κ1) is 11.5. The Labute approximate surface area is 99.1 Å². The first-order chi connectivity index (χ1) is 7.18. The topological polar surface area (TPSA) is 0 Å². The summed E-state index contributed by atoms with van der Waals surface area (Å²) in [6, 6.07) is 0. The third-order valence-corrected chi connectivity index (χ3v) is 5.02. The van der Waals surface area contributed by atoms with E-state index in [1.165, 1.54) is 51.4 Å². The molecule has 0 N–H and O–H groups in total. The van der Waals surface area contributed by atoms with Crippen molar-refractivity contribution in [3.63, 3.8) is 0 Å². The van der Waals surface area contributed by atoms with Crippen molar-refractivity contribution in [2.45, 2.75) is 58.3 Å². The van der Waals surface area contributed by atoms with Crippen LogP contribution in [0.15, 0.2) is 12.2 Å². The molecule has 1 fully saturated rings. The van der Waals surface area contributed by atoms with E-state index >= 15 is 0 Å². The number of hydrogen-bond donors (Lipinski definition) is 0. The minimum absolute atomic E-state index is 0.426. The molecule has 0 aromatic heterocycles. The van der Waals surface area contributed by atoms with Gasteiger partial charge in [0.1, 0.15) is 0 Å². The molecule has 0 amide bonds. The lowest BCUT2D eigenvalue weighted by atomic mass is 9.67. The Morgan fingerprint density at radius 1 is 1.13 bits per heavy atom. The van der Waals surface area contributed by atoms with Crippen molar-refractivity contribution in [1.82, 2.24) is 0 Å². The van der Waals surface area contributed by atoms with Crippen molar-refractivity contribution in [2.75, 3.05) is 5.88 Å². The van der Waals surface area contributed by atoms with E-state index in [2.05, 4.69) is 19.1 Å². The van der Waals surface area contributed by atoms with E-state index in [4.69, 9.17) is 11.6 Å². The van der Waals surface area contributed by atoms with E-state index in [0.717, 1.165) is 5.88 Å². The molecule has 2 aliphatic rings.